The molecule has 1 heterocycles. The fourth-order valence-electron chi connectivity index (χ4n) is 1.76. The molecule has 114 valence electrons. The third-order valence-electron chi connectivity index (χ3n) is 2.76. The third-order valence-corrected chi connectivity index (χ3v) is 3.76. The summed E-state index contributed by atoms with van der Waals surface area (Å²) in [5, 5.41) is 3.94. The molecule has 0 aliphatic heterocycles. The van der Waals surface area contributed by atoms with Gasteiger partial charge in [0.25, 0.3) is 0 Å². The zero-order valence-corrected chi connectivity index (χ0v) is 13.4. The molecular formula is C15H20N2O3S. The lowest BCUT2D eigenvalue weighted by Crippen LogP contribution is -2.01. The van der Waals surface area contributed by atoms with E-state index in [4.69, 9.17) is 14.0 Å². The van der Waals surface area contributed by atoms with Crippen molar-refractivity contribution < 1.29 is 14.0 Å². The van der Waals surface area contributed by atoms with Crippen molar-refractivity contribution in [1.29, 1.82) is 0 Å². The Balaban J connectivity index is 1.88. The summed E-state index contributed by atoms with van der Waals surface area (Å²) in [6, 6.07) is 7.97. The van der Waals surface area contributed by atoms with E-state index in [1.807, 2.05) is 45.0 Å². The van der Waals surface area contributed by atoms with E-state index >= 15 is 0 Å². The summed E-state index contributed by atoms with van der Waals surface area (Å²) < 4.78 is 16.1. The summed E-state index contributed by atoms with van der Waals surface area (Å²) in [4.78, 5) is 5.48. The van der Waals surface area contributed by atoms with Gasteiger partial charge in [-0.05, 0) is 45.0 Å². The van der Waals surface area contributed by atoms with E-state index in [1.165, 1.54) is 0 Å². The quantitative estimate of drug-likeness (QED) is 0.690. The van der Waals surface area contributed by atoms with Crippen LogP contribution in [0.15, 0.2) is 33.7 Å². The van der Waals surface area contributed by atoms with Gasteiger partial charge in [0.1, 0.15) is 11.9 Å². The Morgan fingerprint density at radius 2 is 1.95 bits per heavy atom. The van der Waals surface area contributed by atoms with Crippen LogP contribution in [0.3, 0.4) is 0 Å². The Bertz CT molecular complexity index is 542. The molecule has 1 atom stereocenters. The monoisotopic (exact) mass is 308 g/mol. The predicted molar refractivity (Wildman–Crippen MR) is 81.5 cm³/mol. The number of hydrogen-bond acceptors (Lipinski definition) is 6. The lowest BCUT2D eigenvalue weighted by molar-refractivity contribution is 0.0683. The average molecular weight is 308 g/mol. The van der Waals surface area contributed by atoms with Crippen LogP contribution in [-0.4, -0.2) is 23.4 Å². The van der Waals surface area contributed by atoms with Crippen molar-refractivity contribution >= 4 is 11.8 Å². The minimum absolute atomic E-state index is 0.136. The van der Waals surface area contributed by atoms with Crippen LogP contribution < -0.4 is 4.74 Å². The van der Waals surface area contributed by atoms with Gasteiger partial charge in [-0.1, -0.05) is 5.16 Å². The van der Waals surface area contributed by atoms with E-state index in [9.17, 15) is 0 Å². The average Bonchev–Trinajstić information content (AvgIpc) is 2.96. The molecule has 0 amide bonds. The molecule has 0 bridgehead atoms. The molecule has 1 unspecified atom stereocenters. The van der Waals surface area contributed by atoms with Gasteiger partial charge in [-0.2, -0.15) is 4.98 Å². The highest BCUT2D eigenvalue weighted by molar-refractivity contribution is 7.98. The van der Waals surface area contributed by atoms with E-state index in [0.29, 0.717) is 30.7 Å². The molecule has 0 saturated carbocycles. The predicted octanol–water partition coefficient (Wildman–Crippen LogP) is 3.86. The summed E-state index contributed by atoms with van der Waals surface area (Å²) in [6.45, 7) is 7.14. The highest BCUT2D eigenvalue weighted by Crippen LogP contribution is 2.25. The molecule has 5 nitrogen and oxygen atoms in total. The van der Waals surface area contributed by atoms with Gasteiger partial charge in [-0.15, -0.1) is 11.8 Å². The van der Waals surface area contributed by atoms with Crippen molar-refractivity contribution in [1.82, 2.24) is 10.1 Å². The van der Waals surface area contributed by atoms with E-state index in [1.54, 1.807) is 11.8 Å². The maximum atomic E-state index is 5.43. The molecule has 0 aliphatic carbocycles. The second-order valence-electron chi connectivity index (χ2n) is 4.34. The van der Waals surface area contributed by atoms with E-state index in [2.05, 4.69) is 10.1 Å². The van der Waals surface area contributed by atoms with Gasteiger partial charge < -0.3 is 14.0 Å². The van der Waals surface area contributed by atoms with Crippen molar-refractivity contribution in [2.75, 3.05) is 13.2 Å². The molecule has 6 heteroatoms. The molecule has 1 aromatic carbocycles. The Morgan fingerprint density at radius 3 is 2.62 bits per heavy atom. The highest BCUT2D eigenvalue weighted by atomic mass is 32.2. The van der Waals surface area contributed by atoms with E-state index in [-0.39, 0.29) is 6.10 Å². The minimum Gasteiger partial charge on any atom is -0.494 e. The fourth-order valence-corrected chi connectivity index (χ4v) is 2.50. The van der Waals surface area contributed by atoms with Crippen LogP contribution in [0.5, 0.6) is 5.75 Å². The summed E-state index contributed by atoms with van der Waals surface area (Å²) >= 11 is 1.65. The maximum Gasteiger partial charge on any atom is 0.237 e. The zero-order chi connectivity index (χ0) is 15.1. The van der Waals surface area contributed by atoms with Crippen molar-refractivity contribution in [3.63, 3.8) is 0 Å². The van der Waals surface area contributed by atoms with Gasteiger partial charge >= 0.3 is 0 Å². The number of hydrogen-bond donors (Lipinski definition) is 0. The molecule has 2 rings (SSSR count). The lowest BCUT2D eigenvalue weighted by Gasteiger charge is -2.05. The topological polar surface area (TPSA) is 57.4 Å². The molecular weight excluding hydrogens is 288 g/mol. The molecule has 0 spiro atoms. The third kappa shape index (κ3) is 4.75. The van der Waals surface area contributed by atoms with Gasteiger partial charge in [0.2, 0.25) is 5.89 Å². The Hall–Kier alpha value is -1.53. The van der Waals surface area contributed by atoms with Crippen LogP contribution >= 0.6 is 11.8 Å². The Kier molecular flexibility index (Phi) is 6.07. The lowest BCUT2D eigenvalue weighted by atomic mass is 10.3. The molecule has 2 aromatic rings. The molecule has 0 radical (unpaired) electrons. The fraction of sp³-hybridized carbons (Fsp3) is 0.467. The second-order valence-corrected chi connectivity index (χ2v) is 5.39. The van der Waals surface area contributed by atoms with Gasteiger partial charge in [0.15, 0.2) is 5.82 Å². The first-order chi connectivity index (χ1) is 10.2. The van der Waals surface area contributed by atoms with Crippen LogP contribution in [0.4, 0.5) is 0 Å². The molecule has 21 heavy (non-hydrogen) atoms. The van der Waals surface area contributed by atoms with Crippen LogP contribution in [0.1, 0.15) is 38.6 Å². The van der Waals surface area contributed by atoms with Crippen molar-refractivity contribution in [3.8, 4) is 5.75 Å². The van der Waals surface area contributed by atoms with Crippen LogP contribution in [0.2, 0.25) is 0 Å². The van der Waals surface area contributed by atoms with Crippen LogP contribution in [-0.2, 0) is 10.5 Å². The molecule has 0 fully saturated rings. The molecule has 0 aliphatic rings. The summed E-state index contributed by atoms with van der Waals surface area (Å²) in [6.07, 6.45) is -0.136. The van der Waals surface area contributed by atoms with Crippen LogP contribution in [0.25, 0.3) is 0 Å². The van der Waals surface area contributed by atoms with Gasteiger partial charge in [0, 0.05) is 11.5 Å². The number of benzene rings is 1. The molecule has 0 N–H and O–H groups in total. The SMILES string of the molecule is CCOc1ccc(SCc2nc(C(C)OCC)no2)cc1. The van der Waals surface area contributed by atoms with Crippen molar-refractivity contribution in [2.24, 2.45) is 0 Å². The van der Waals surface area contributed by atoms with Crippen LogP contribution in [0, 0.1) is 0 Å². The number of thioether (sulfide) groups is 1. The second kappa shape index (κ2) is 8.05. The van der Waals surface area contributed by atoms with Gasteiger partial charge in [-0.3, -0.25) is 0 Å². The summed E-state index contributed by atoms with van der Waals surface area (Å²) in [7, 11) is 0. The van der Waals surface area contributed by atoms with Crippen molar-refractivity contribution in [3.05, 3.63) is 36.0 Å². The number of aromatic nitrogens is 2. The highest BCUT2D eigenvalue weighted by Gasteiger charge is 2.13. The Labute approximate surface area is 129 Å². The standard InChI is InChI=1S/C15H20N2O3S/c1-4-18-11(3)15-16-14(20-17-15)10-21-13-8-6-12(7-9-13)19-5-2/h6-9,11H,4-5,10H2,1-3H3. The first-order valence-corrected chi connectivity index (χ1v) is 8.01. The first-order valence-electron chi connectivity index (χ1n) is 7.02. The van der Waals surface area contributed by atoms with Crippen molar-refractivity contribution in [2.45, 2.75) is 37.5 Å². The largest absolute Gasteiger partial charge is 0.494 e. The van der Waals surface area contributed by atoms with E-state index in [0.717, 1.165) is 10.6 Å². The summed E-state index contributed by atoms with van der Waals surface area (Å²) in [5.41, 5.74) is 0. The molecule has 1 aromatic heterocycles. The first kappa shape index (κ1) is 15.9. The number of nitrogens with zero attached hydrogens (tertiary/aromatic N) is 2. The van der Waals surface area contributed by atoms with Gasteiger partial charge in [-0.25, -0.2) is 0 Å². The number of ether oxygens (including phenoxy) is 2. The number of rotatable bonds is 8. The van der Waals surface area contributed by atoms with Gasteiger partial charge in [0.05, 0.1) is 12.4 Å². The maximum absolute atomic E-state index is 5.43. The minimum atomic E-state index is -0.136. The Morgan fingerprint density at radius 1 is 1.19 bits per heavy atom. The van der Waals surface area contributed by atoms with E-state index < -0.39 is 0 Å². The molecule has 0 saturated heterocycles. The zero-order valence-electron chi connectivity index (χ0n) is 12.5. The smallest absolute Gasteiger partial charge is 0.237 e. The normalized spacial score (nSPS) is 12.3. The summed E-state index contributed by atoms with van der Waals surface area (Å²) in [5.74, 6) is 2.72.